The van der Waals surface area contributed by atoms with Crippen molar-refractivity contribution in [2.75, 3.05) is 0 Å². The van der Waals surface area contributed by atoms with E-state index in [4.69, 9.17) is 11.6 Å². The Morgan fingerprint density at radius 1 is 1.56 bits per heavy atom. The highest BCUT2D eigenvalue weighted by atomic mass is 35.5. The van der Waals surface area contributed by atoms with Crippen molar-refractivity contribution < 1.29 is 9.90 Å². The Kier molecular flexibility index (Phi) is 3.62. The molecule has 6 heteroatoms. The van der Waals surface area contributed by atoms with E-state index in [-0.39, 0.29) is 0 Å². The van der Waals surface area contributed by atoms with Crippen LogP contribution in [0.4, 0.5) is 0 Å². The predicted octanol–water partition coefficient (Wildman–Crippen LogP) is 1.88. The molecule has 0 radical (unpaired) electrons. The molecule has 94 valence electrons. The first-order chi connectivity index (χ1) is 8.58. The zero-order chi connectivity index (χ0) is 13.1. The molecule has 1 aromatic heterocycles. The fourth-order valence-electron chi connectivity index (χ4n) is 1.83. The van der Waals surface area contributed by atoms with Crippen LogP contribution in [0.15, 0.2) is 30.5 Å². The molecule has 0 fully saturated rings. The molecule has 0 aliphatic heterocycles. The fourth-order valence-corrected chi connectivity index (χ4v) is 2.04. The summed E-state index contributed by atoms with van der Waals surface area (Å²) in [5, 5.41) is 17.4. The van der Waals surface area contributed by atoms with Gasteiger partial charge in [-0.15, -0.1) is 5.10 Å². The third-order valence-electron chi connectivity index (χ3n) is 2.73. The largest absolute Gasteiger partial charge is 0.481 e. The maximum Gasteiger partial charge on any atom is 0.312 e. The molecule has 0 spiro atoms. The van der Waals surface area contributed by atoms with Crippen molar-refractivity contribution in [3.8, 4) is 0 Å². The summed E-state index contributed by atoms with van der Waals surface area (Å²) in [6, 6.07) is 7.18. The summed E-state index contributed by atoms with van der Waals surface area (Å²) < 4.78 is 1.48. The van der Waals surface area contributed by atoms with Crippen molar-refractivity contribution in [1.29, 1.82) is 0 Å². The predicted molar refractivity (Wildman–Crippen MR) is 66.5 cm³/mol. The Labute approximate surface area is 109 Å². The number of aryl methyl sites for hydroxylation is 1. The molecule has 1 atom stereocenters. The van der Waals surface area contributed by atoms with Gasteiger partial charge >= 0.3 is 5.97 Å². The summed E-state index contributed by atoms with van der Waals surface area (Å²) in [4.78, 5) is 11.3. The number of aliphatic carboxylic acids is 1. The van der Waals surface area contributed by atoms with Crippen LogP contribution in [-0.2, 0) is 18.3 Å². The molecule has 0 bridgehead atoms. The first-order valence-corrected chi connectivity index (χ1v) is 5.77. The van der Waals surface area contributed by atoms with Gasteiger partial charge in [-0.3, -0.25) is 9.48 Å². The molecular formula is C12H12ClN3O2. The minimum Gasteiger partial charge on any atom is -0.481 e. The minimum absolute atomic E-state index is 0.358. The second-order valence-electron chi connectivity index (χ2n) is 4.01. The summed E-state index contributed by atoms with van der Waals surface area (Å²) in [5.41, 5.74) is 1.44. The lowest BCUT2D eigenvalue weighted by atomic mass is 9.96. The summed E-state index contributed by atoms with van der Waals surface area (Å²) in [5.74, 6) is -1.58. The zero-order valence-electron chi connectivity index (χ0n) is 9.75. The van der Waals surface area contributed by atoms with Gasteiger partial charge in [-0.05, 0) is 24.1 Å². The average Bonchev–Trinajstić information content (AvgIpc) is 2.72. The lowest BCUT2D eigenvalue weighted by Crippen LogP contribution is -2.17. The van der Waals surface area contributed by atoms with Crippen LogP contribution in [0.1, 0.15) is 17.2 Å². The molecule has 18 heavy (non-hydrogen) atoms. The van der Waals surface area contributed by atoms with Gasteiger partial charge in [0.25, 0.3) is 0 Å². The van der Waals surface area contributed by atoms with E-state index in [9.17, 15) is 9.90 Å². The summed E-state index contributed by atoms with van der Waals surface area (Å²) in [7, 11) is 1.68. The number of halogens is 1. The van der Waals surface area contributed by atoms with Gasteiger partial charge in [0.2, 0.25) is 0 Å². The normalized spacial score (nSPS) is 12.3. The highest BCUT2D eigenvalue weighted by Crippen LogP contribution is 2.21. The fraction of sp³-hybridized carbons (Fsp3) is 0.250. The molecular weight excluding hydrogens is 254 g/mol. The van der Waals surface area contributed by atoms with Crippen molar-refractivity contribution in [3.05, 3.63) is 46.7 Å². The Morgan fingerprint density at radius 3 is 2.89 bits per heavy atom. The number of nitrogens with zero attached hydrogens (tertiary/aromatic N) is 3. The highest BCUT2D eigenvalue weighted by Gasteiger charge is 2.23. The third-order valence-corrected chi connectivity index (χ3v) is 2.97. The Hall–Kier alpha value is -1.88. The molecule has 1 heterocycles. The molecule has 0 saturated heterocycles. The van der Waals surface area contributed by atoms with Gasteiger partial charge in [0.1, 0.15) is 5.92 Å². The van der Waals surface area contributed by atoms with E-state index in [0.717, 1.165) is 5.56 Å². The van der Waals surface area contributed by atoms with Crippen molar-refractivity contribution in [2.45, 2.75) is 12.3 Å². The van der Waals surface area contributed by atoms with Gasteiger partial charge in [0.15, 0.2) is 0 Å². The number of carboxylic acids is 1. The first kappa shape index (κ1) is 12.6. The van der Waals surface area contributed by atoms with Gasteiger partial charge < -0.3 is 5.11 Å². The molecule has 1 unspecified atom stereocenters. The van der Waals surface area contributed by atoms with Crippen LogP contribution in [0.3, 0.4) is 0 Å². The average molecular weight is 266 g/mol. The highest BCUT2D eigenvalue weighted by molar-refractivity contribution is 6.30. The van der Waals surface area contributed by atoms with Gasteiger partial charge in [0.05, 0.1) is 11.9 Å². The van der Waals surface area contributed by atoms with Crippen molar-refractivity contribution in [2.24, 2.45) is 7.05 Å². The van der Waals surface area contributed by atoms with Crippen molar-refractivity contribution in [3.63, 3.8) is 0 Å². The van der Waals surface area contributed by atoms with Crippen LogP contribution >= 0.6 is 11.6 Å². The molecule has 0 aliphatic carbocycles. The van der Waals surface area contributed by atoms with Crippen molar-refractivity contribution in [1.82, 2.24) is 15.0 Å². The quantitative estimate of drug-likeness (QED) is 0.916. The smallest absolute Gasteiger partial charge is 0.312 e. The molecule has 1 N–H and O–H groups in total. The van der Waals surface area contributed by atoms with Gasteiger partial charge in [-0.25, -0.2) is 0 Å². The van der Waals surface area contributed by atoms with Crippen LogP contribution in [0.25, 0.3) is 0 Å². The maximum absolute atomic E-state index is 11.3. The summed E-state index contributed by atoms with van der Waals surface area (Å²) in [6.07, 6.45) is 1.83. The lowest BCUT2D eigenvalue weighted by Gasteiger charge is -2.12. The summed E-state index contributed by atoms with van der Waals surface area (Å²) >= 11 is 5.89. The van der Waals surface area contributed by atoms with Crippen LogP contribution in [0.2, 0.25) is 5.02 Å². The number of hydrogen-bond donors (Lipinski definition) is 1. The maximum atomic E-state index is 11.3. The Morgan fingerprint density at radius 2 is 2.33 bits per heavy atom. The SMILES string of the molecule is Cn1nncc1C(Cc1cccc(Cl)c1)C(=O)O. The zero-order valence-corrected chi connectivity index (χ0v) is 10.5. The molecule has 1 aromatic carbocycles. The molecule has 0 amide bonds. The molecule has 2 aromatic rings. The number of aromatic nitrogens is 3. The van der Waals surface area contributed by atoms with Gasteiger partial charge in [-0.1, -0.05) is 28.9 Å². The number of carbonyl (C=O) groups is 1. The van der Waals surface area contributed by atoms with Crippen molar-refractivity contribution >= 4 is 17.6 Å². The monoisotopic (exact) mass is 265 g/mol. The minimum atomic E-state index is -0.902. The van der Waals surface area contributed by atoms with E-state index >= 15 is 0 Å². The van der Waals surface area contributed by atoms with E-state index in [1.807, 2.05) is 6.07 Å². The van der Waals surface area contributed by atoms with Crippen LogP contribution in [0.5, 0.6) is 0 Å². The lowest BCUT2D eigenvalue weighted by molar-refractivity contribution is -0.138. The Bertz CT molecular complexity index is 568. The summed E-state index contributed by atoms with van der Waals surface area (Å²) in [6.45, 7) is 0. The van der Waals surface area contributed by atoms with Crippen LogP contribution < -0.4 is 0 Å². The van der Waals surface area contributed by atoms with Gasteiger partial charge in [0, 0.05) is 12.1 Å². The molecule has 0 saturated carbocycles. The molecule has 5 nitrogen and oxygen atoms in total. The van der Waals surface area contributed by atoms with E-state index in [1.165, 1.54) is 10.9 Å². The first-order valence-electron chi connectivity index (χ1n) is 5.39. The van der Waals surface area contributed by atoms with E-state index in [1.54, 1.807) is 25.2 Å². The number of rotatable bonds is 4. The van der Waals surface area contributed by atoms with Gasteiger partial charge in [-0.2, -0.15) is 0 Å². The number of carboxylic acid groups (broad SMARTS) is 1. The van der Waals surface area contributed by atoms with E-state index in [2.05, 4.69) is 10.3 Å². The van der Waals surface area contributed by atoms with Crippen LogP contribution in [0, 0.1) is 0 Å². The second kappa shape index (κ2) is 5.18. The molecule has 2 rings (SSSR count). The third kappa shape index (κ3) is 2.68. The number of benzene rings is 1. The number of hydrogen-bond acceptors (Lipinski definition) is 3. The Balaban J connectivity index is 2.28. The molecule has 0 aliphatic rings. The topological polar surface area (TPSA) is 68.0 Å². The van der Waals surface area contributed by atoms with E-state index < -0.39 is 11.9 Å². The second-order valence-corrected chi connectivity index (χ2v) is 4.44. The standard InChI is InChI=1S/C12H12ClN3O2/c1-16-11(7-14-15-16)10(12(17)18)6-8-3-2-4-9(13)5-8/h2-5,7,10H,6H2,1H3,(H,17,18). The van der Waals surface area contributed by atoms with Crippen LogP contribution in [-0.4, -0.2) is 26.1 Å². The van der Waals surface area contributed by atoms with E-state index in [0.29, 0.717) is 17.1 Å².